The zero-order valence-corrected chi connectivity index (χ0v) is 15.6. The molecule has 0 bridgehead atoms. The third-order valence-electron chi connectivity index (χ3n) is 4.88. The molecule has 1 aliphatic rings. The molecule has 7 heteroatoms. The van der Waals surface area contributed by atoms with Crippen LogP contribution in [0.2, 0.25) is 0 Å². The van der Waals surface area contributed by atoms with E-state index in [-0.39, 0.29) is 12.1 Å². The monoisotopic (exact) mass is 391 g/mol. The highest BCUT2D eigenvalue weighted by molar-refractivity contribution is 5.91. The van der Waals surface area contributed by atoms with Gasteiger partial charge in [-0.05, 0) is 17.7 Å². The summed E-state index contributed by atoms with van der Waals surface area (Å²) < 4.78 is 39.0. The first-order valence-electron chi connectivity index (χ1n) is 9.36. The minimum absolute atomic E-state index is 0.172. The van der Waals surface area contributed by atoms with E-state index in [4.69, 9.17) is 0 Å². The van der Waals surface area contributed by atoms with Crippen LogP contribution in [0.25, 0.3) is 0 Å². The fourth-order valence-electron chi connectivity index (χ4n) is 3.32. The number of hydrogen-bond donors (Lipinski definition) is 1. The fourth-order valence-corrected chi connectivity index (χ4v) is 3.32. The number of carbonyl (C=O) groups excluding carboxylic acids is 1. The van der Waals surface area contributed by atoms with Crippen LogP contribution in [0.4, 0.5) is 18.9 Å². The third kappa shape index (κ3) is 5.81. The smallest absolute Gasteiger partial charge is 0.325 e. The molecule has 1 N–H and O–H groups in total. The summed E-state index contributed by atoms with van der Waals surface area (Å²) >= 11 is 0. The van der Waals surface area contributed by atoms with Gasteiger partial charge in [0.1, 0.15) is 0 Å². The van der Waals surface area contributed by atoms with Gasteiger partial charge in [-0.2, -0.15) is 13.2 Å². The van der Waals surface area contributed by atoms with E-state index in [1.807, 2.05) is 18.2 Å². The van der Waals surface area contributed by atoms with E-state index in [2.05, 4.69) is 27.2 Å². The van der Waals surface area contributed by atoms with Gasteiger partial charge in [0.05, 0.1) is 11.3 Å². The molecule has 0 aliphatic carbocycles. The SMILES string of the molecule is O=C(CCN1CCN(Cc2ccccc2)CC1)Nc1ccccc1C(F)(F)F. The first kappa shape index (κ1) is 20.4. The van der Waals surface area contributed by atoms with Gasteiger partial charge in [-0.1, -0.05) is 42.5 Å². The van der Waals surface area contributed by atoms with Gasteiger partial charge in [-0.3, -0.25) is 9.69 Å². The Morgan fingerprint density at radius 1 is 0.893 bits per heavy atom. The van der Waals surface area contributed by atoms with Crippen molar-refractivity contribution in [3.8, 4) is 0 Å². The van der Waals surface area contributed by atoms with E-state index in [0.29, 0.717) is 6.54 Å². The summed E-state index contributed by atoms with van der Waals surface area (Å²) in [7, 11) is 0. The van der Waals surface area contributed by atoms with E-state index < -0.39 is 17.6 Å². The molecule has 1 heterocycles. The summed E-state index contributed by atoms with van der Waals surface area (Å²) in [5.74, 6) is -0.400. The van der Waals surface area contributed by atoms with Crippen molar-refractivity contribution < 1.29 is 18.0 Å². The van der Waals surface area contributed by atoms with E-state index in [1.54, 1.807) is 0 Å². The molecule has 4 nitrogen and oxygen atoms in total. The second-order valence-corrected chi connectivity index (χ2v) is 6.94. The lowest BCUT2D eigenvalue weighted by Gasteiger charge is -2.34. The van der Waals surface area contributed by atoms with Crippen LogP contribution in [-0.2, 0) is 17.5 Å². The van der Waals surface area contributed by atoms with Gasteiger partial charge in [-0.15, -0.1) is 0 Å². The van der Waals surface area contributed by atoms with Crippen molar-refractivity contribution in [1.82, 2.24) is 9.80 Å². The molecule has 2 aromatic carbocycles. The Labute approximate surface area is 162 Å². The third-order valence-corrected chi connectivity index (χ3v) is 4.88. The lowest BCUT2D eigenvalue weighted by atomic mass is 10.1. The average molecular weight is 391 g/mol. The molecule has 1 amide bonds. The fraction of sp³-hybridized carbons (Fsp3) is 0.381. The standard InChI is InChI=1S/C21H24F3N3O/c22-21(23,24)18-8-4-5-9-19(18)25-20(28)10-11-26-12-14-27(15-13-26)16-17-6-2-1-3-7-17/h1-9H,10-16H2,(H,25,28). The van der Waals surface area contributed by atoms with Crippen LogP contribution in [0.5, 0.6) is 0 Å². The topological polar surface area (TPSA) is 35.6 Å². The number of nitrogens with zero attached hydrogens (tertiary/aromatic N) is 2. The Hall–Kier alpha value is -2.38. The van der Waals surface area contributed by atoms with Crippen molar-refractivity contribution in [2.75, 3.05) is 38.0 Å². The Kier molecular flexibility index (Phi) is 6.70. The Morgan fingerprint density at radius 3 is 2.18 bits per heavy atom. The van der Waals surface area contributed by atoms with Crippen LogP contribution < -0.4 is 5.32 Å². The second-order valence-electron chi connectivity index (χ2n) is 6.94. The molecular formula is C21H24F3N3O. The Morgan fingerprint density at radius 2 is 1.50 bits per heavy atom. The molecule has 1 aliphatic heterocycles. The van der Waals surface area contributed by atoms with Crippen molar-refractivity contribution in [3.05, 3.63) is 65.7 Å². The molecule has 1 fully saturated rings. The number of carbonyl (C=O) groups is 1. The highest BCUT2D eigenvalue weighted by Gasteiger charge is 2.33. The van der Waals surface area contributed by atoms with Crippen LogP contribution in [0, 0.1) is 0 Å². The van der Waals surface area contributed by atoms with Crippen LogP contribution in [0.3, 0.4) is 0 Å². The summed E-state index contributed by atoms with van der Waals surface area (Å²) in [6, 6.07) is 15.3. The number of halogens is 3. The molecule has 1 saturated heterocycles. The lowest BCUT2D eigenvalue weighted by molar-refractivity contribution is -0.137. The number of piperazine rings is 1. The van der Waals surface area contributed by atoms with Crippen LogP contribution in [-0.4, -0.2) is 48.4 Å². The van der Waals surface area contributed by atoms with Gasteiger partial charge in [0.15, 0.2) is 0 Å². The largest absolute Gasteiger partial charge is 0.418 e. The molecule has 0 atom stereocenters. The van der Waals surface area contributed by atoms with Crippen molar-refractivity contribution in [3.63, 3.8) is 0 Å². The Balaban J connectivity index is 1.43. The maximum absolute atomic E-state index is 13.0. The maximum atomic E-state index is 13.0. The number of para-hydroxylation sites is 1. The molecule has 2 aromatic rings. The summed E-state index contributed by atoms with van der Waals surface area (Å²) in [6.07, 6.45) is -4.32. The summed E-state index contributed by atoms with van der Waals surface area (Å²) in [4.78, 5) is 16.7. The normalized spacial score (nSPS) is 16.1. The minimum Gasteiger partial charge on any atom is -0.325 e. The zero-order chi connectivity index (χ0) is 20.0. The van der Waals surface area contributed by atoms with Crippen molar-refractivity contribution in [2.24, 2.45) is 0 Å². The highest BCUT2D eigenvalue weighted by atomic mass is 19.4. The predicted molar refractivity (Wildman–Crippen MR) is 103 cm³/mol. The molecule has 0 unspecified atom stereocenters. The van der Waals surface area contributed by atoms with E-state index in [1.165, 1.54) is 23.8 Å². The number of benzene rings is 2. The number of nitrogens with one attached hydrogen (secondary N) is 1. The summed E-state index contributed by atoms with van der Waals surface area (Å²) in [5, 5.41) is 2.40. The zero-order valence-electron chi connectivity index (χ0n) is 15.6. The second kappa shape index (κ2) is 9.21. The van der Waals surface area contributed by atoms with Crippen molar-refractivity contribution in [1.29, 1.82) is 0 Å². The van der Waals surface area contributed by atoms with Gasteiger partial charge in [0.2, 0.25) is 5.91 Å². The first-order valence-corrected chi connectivity index (χ1v) is 9.36. The van der Waals surface area contributed by atoms with Crippen molar-refractivity contribution >= 4 is 11.6 Å². The number of hydrogen-bond acceptors (Lipinski definition) is 3. The van der Waals surface area contributed by atoms with Gasteiger partial charge < -0.3 is 10.2 Å². The van der Waals surface area contributed by atoms with E-state index in [0.717, 1.165) is 38.8 Å². The van der Waals surface area contributed by atoms with Gasteiger partial charge in [-0.25, -0.2) is 0 Å². The Bertz CT molecular complexity index is 772. The minimum atomic E-state index is -4.49. The predicted octanol–water partition coefficient (Wildman–Crippen LogP) is 3.85. The molecule has 150 valence electrons. The van der Waals surface area contributed by atoms with Crippen LogP contribution in [0.15, 0.2) is 54.6 Å². The van der Waals surface area contributed by atoms with E-state index >= 15 is 0 Å². The lowest BCUT2D eigenvalue weighted by Crippen LogP contribution is -2.46. The maximum Gasteiger partial charge on any atom is 0.418 e. The van der Waals surface area contributed by atoms with Crippen LogP contribution in [0.1, 0.15) is 17.5 Å². The molecule has 0 saturated carbocycles. The molecule has 0 spiro atoms. The quantitative estimate of drug-likeness (QED) is 0.813. The number of amides is 1. The molecule has 0 radical (unpaired) electrons. The van der Waals surface area contributed by atoms with Gasteiger partial charge >= 0.3 is 6.18 Å². The number of rotatable bonds is 6. The molecule has 3 rings (SSSR count). The van der Waals surface area contributed by atoms with E-state index in [9.17, 15) is 18.0 Å². The molecular weight excluding hydrogens is 367 g/mol. The number of anilines is 1. The number of alkyl halides is 3. The first-order chi connectivity index (χ1) is 13.4. The van der Waals surface area contributed by atoms with Crippen LogP contribution >= 0.6 is 0 Å². The molecule has 0 aromatic heterocycles. The average Bonchev–Trinajstić information content (AvgIpc) is 2.68. The highest BCUT2D eigenvalue weighted by Crippen LogP contribution is 2.34. The molecule has 28 heavy (non-hydrogen) atoms. The van der Waals surface area contributed by atoms with Crippen molar-refractivity contribution in [2.45, 2.75) is 19.1 Å². The van der Waals surface area contributed by atoms with Gasteiger partial charge in [0, 0.05) is 45.7 Å². The summed E-state index contributed by atoms with van der Waals surface area (Å²) in [5.41, 5.74) is 0.268. The summed E-state index contributed by atoms with van der Waals surface area (Å²) in [6.45, 7) is 4.96. The van der Waals surface area contributed by atoms with Gasteiger partial charge in [0.25, 0.3) is 0 Å².